The molecule has 2 aromatic rings. The van der Waals surface area contributed by atoms with Gasteiger partial charge in [-0.15, -0.1) is 0 Å². The topological polar surface area (TPSA) is 55.2 Å². The highest BCUT2D eigenvalue weighted by molar-refractivity contribution is 9.13. The SMILES string of the molecule is Cc1ccc([N+](=O)[O-])cc1NCc1ccc(Br)c(Br)c1. The lowest BCUT2D eigenvalue weighted by atomic mass is 10.1. The van der Waals surface area contributed by atoms with E-state index in [2.05, 4.69) is 37.2 Å². The minimum atomic E-state index is -0.388. The zero-order chi connectivity index (χ0) is 14.7. The summed E-state index contributed by atoms with van der Waals surface area (Å²) in [6, 6.07) is 10.8. The molecule has 0 bridgehead atoms. The van der Waals surface area contributed by atoms with Crippen molar-refractivity contribution in [1.82, 2.24) is 0 Å². The molecule has 0 saturated carbocycles. The van der Waals surface area contributed by atoms with Crippen molar-refractivity contribution in [2.45, 2.75) is 13.5 Å². The van der Waals surface area contributed by atoms with Crippen LogP contribution in [0.4, 0.5) is 11.4 Å². The molecule has 0 aliphatic heterocycles. The van der Waals surface area contributed by atoms with Crippen LogP contribution in [0.5, 0.6) is 0 Å². The molecule has 2 rings (SSSR count). The molecule has 0 aromatic heterocycles. The first-order chi connectivity index (χ1) is 9.47. The van der Waals surface area contributed by atoms with Crippen molar-refractivity contribution in [3.63, 3.8) is 0 Å². The fourth-order valence-corrected chi connectivity index (χ4v) is 2.43. The number of halogens is 2. The molecule has 0 amide bonds. The Labute approximate surface area is 133 Å². The summed E-state index contributed by atoms with van der Waals surface area (Å²) in [5, 5.41) is 14.0. The van der Waals surface area contributed by atoms with Crippen molar-refractivity contribution in [1.29, 1.82) is 0 Å². The Kier molecular flexibility index (Phi) is 4.77. The molecular weight excluding hydrogens is 388 g/mol. The lowest BCUT2D eigenvalue weighted by molar-refractivity contribution is -0.384. The van der Waals surface area contributed by atoms with Gasteiger partial charge in [-0.2, -0.15) is 0 Å². The number of non-ortho nitro benzene ring substituents is 1. The molecule has 0 aliphatic carbocycles. The van der Waals surface area contributed by atoms with E-state index >= 15 is 0 Å². The molecule has 0 fully saturated rings. The summed E-state index contributed by atoms with van der Waals surface area (Å²) in [5.41, 5.74) is 2.94. The summed E-state index contributed by atoms with van der Waals surface area (Å²) in [6.07, 6.45) is 0. The van der Waals surface area contributed by atoms with E-state index in [1.54, 1.807) is 12.1 Å². The largest absolute Gasteiger partial charge is 0.381 e. The van der Waals surface area contributed by atoms with Gasteiger partial charge in [0.2, 0.25) is 0 Å². The average molecular weight is 400 g/mol. The van der Waals surface area contributed by atoms with E-state index in [4.69, 9.17) is 0 Å². The highest BCUT2D eigenvalue weighted by atomic mass is 79.9. The van der Waals surface area contributed by atoms with Crippen LogP contribution < -0.4 is 5.32 Å². The summed E-state index contributed by atoms with van der Waals surface area (Å²) in [6.45, 7) is 2.53. The second-order valence-electron chi connectivity index (χ2n) is 4.36. The van der Waals surface area contributed by atoms with Crippen LogP contribution >= 0.6 is 31.9 Å². The van der Waals surface area contributed by atoms with E-state index < -0.39 is 0 Å². The van der Waals surface area contributed by atoms with Gasteiger partial charge in [-0.1, -0.05) is 12.1 Å². The molecule has 0 saturated heterocycles. The van der Waals surface area contributed by atoms with Crippen molar-refractivity contribution < 1.29 is 4.92 Å². The number of anilines is 1. The van der Waals surface area contributed by atoms with Crippen LogP contribution in [0.1, 0.15) is 11.1 Å². The summed E-state index contributed by atoms with van der Waals surface area (Å²) < 4.78 is 1.97. The number of rotatable bonds is 4. The van der Waals surface area contributed by atoms with Gasteiger partial charge < -0.3 is 5.32 Å². The van der Waals surface area contributed by atoms with Gasteiger partial charge in [-0.05, 0) is 62.0 Å². The van der Waals surface area contributed by atoms with Crippen molar-refractivity contribution in [3.8, 4) is 0 Å². The number of nitro groups is 1. The molecule has 104 valence electrons. The fourth-order valence-electron chi connectivity index (χ4n) is 1.76. The van der Waals surface area contributed by atoms with Gasteiger partial charge in [-0.3, -0.25) is 10.1 Å². The summed E-state index contributed by atoms with van der Waals surface area (Å²) in [5.74, 6) is 0. The minimum Gasteiger partial charge on any atom is -0.381 e. The molecular formula is C14H12Br2N2O2. The predicted molar refractivity (Wildman–Crippen MR) is 87.0 cm³/mol. The van der Waals surface area contributed by atoms with Crippen LogP contribution in [0.25, 0.3) is 0 Å². The minimum absolute atomic E-state index is 0.0927. The smallest absolute Gasteiger partial charge is 0.271 e. The first kappa shape index (κ1) is 15.0. The standard InChI is InChI=1S/C14H12Br2N2O2/c1-9-2-4-11(18(19)20)7-14(9)17-8-10-3-5-12(15)13(16)6-10/h2-7,17H,8H2,1H3. The Morgan fingerprint density at radius 2 is 1.90 bits per heavy atom. The third kappa shape index (κ3) is 3.58. The number of nitrogens with one attached hydrogen (secondary N) is 1. The first-order valence-electron chi connectivity index (χ1n) is 5.90. The number of nitro benzene ring substituents is 1. The third-order valence-corrected chi connectivity index (χ3v) is 4.78. The van der Waals surface area contributed by atoms with Gasteiger partial charge in [0, 0.05) is 33.3 Å². The van der Waals surface area contributed by atoms with E-state index in [9.17, 15) is 10.1 Å². The monoisotopic (exact) mass is 398 g/mol. The van der Waals surface area contributed by atoms with E-state index in [-0.39, 0.29) is 10.6 Å². The Bertz CT molecular complexity index is 660. The molecule has 4 nitrogen and oxygen atoms in total. The van der Waals surface area contributed by atoms with Crippen LogP contribution in [-0.4, -0.2) is 4.92 Å². The molecule has 0 unspecified atom stereocenters. The number of nitrogens with zero attached hydrogens (tertiary/aromatic N) is 1. The van der Waals surface area contributed by atoms with E-state index in [0.29, 0.717) is 6.54 Å². The van der Waals surface area contributed by atoms with E-state index in [1.807, 2.05) is 25.1 Å². The number of hydrogen-bond acceptors (Lipinski definition) is 3. The normalized spacial score (nSPS) is 10.3. The van der Waals surface area contributed by atoms with Gasteiger partial charge in [0.15, 0.2) is 0 Å². The van der Waals surface area contributed by atoms with Crippen molar-refractivity contribution in [3.05, 3.63) is 66.6 Å². The van der Waals surface area contributed by atoms with Crippen LogP contribution in [-0.2, 0) is 6.54 Å². The maximum atomic E-state index is 10.8. The zero-order valence-electron chi connectivity index (χ0n) is 10.7. The molecule has 20 heavy (non-hydrogen) atoms. The lowest BCUT2D eigenvalue weighted by Crippen LogP contribution is -2.02. The lowest BCUT2D eigenvalue weighted by Gasteiger charge is -2.10. The van der Waals surface area contributed by atoms with Crippen LogP contribution in [0.3, 0.4) is 0 Å². The van der Waals surface area contributed by atoms with Gasteiger partial charge >= 0.3 is 0 Å². The second kappa shape index (κ2) is 6.37. The summed E-state index contributed by atoms with van der Waals surface area (Å²) >= 11 is 6.87. The maximum absolute atomic E-state index is 10.8. The third-order valence-electron chi connectivity index (χ3n) is 2.90. The fraction of sp³-hybridized carbons (Fsp3) is 0.143. The van der Waals surface area contributed by atoms with E-state index in [0.717, 1.165) is 25.8 Å². The van der Waals surface area contributed by atoms with Crippen LogP contribution in [0.15, 0.2) is 45.3 Å². The molecule has 2 aromatic carbocycles. The quantitative estimate of drug-likeness (QED) is 0.578. The Balaban J connectivity index is 2.15. The van der Waals surface area contributed by atoms with Crippen LogP contribution in [0, 0.1) is 17.0 Å². The second-order valence-corrected chi connectivity index (χ2v) is 6.07. The Morgan fingerprint density at radius 1 is 1.15 bits per heavy atom. The Morgan fingerprint density at radius 3 is 2.55 bits per heavy atom. The molecule has 6 heteroatoms. The maximum Gasteiger partial charge on any atom is 0.271 e. The molecule has 1 N–H and O–H groups in total. The average Bonchev–Trinajstić information content (AvgIpc) is 2.41. The first-order valence-corrected chi connectivity index (χ1v) is 7.49. The number of aryl methyl sites for hydroxylation is 1. The molecule has 0 spiro atoms. The zero-order valence-corrected chi connectivity index (χ0v) is 13.9. The molecule has 0 atom stereocenters. The molecule has 0 aliphatic rings. The Hall–Kier alpha value is -1.40. The highest BCUT2D eigenvalue weighted by Gasteiger charge is 2.08. The number of benzene rings is 2. The highest BCUT2D eigenvalue weighted by Crippen LogP contribution is 2.25. The van der Waals surface area contributed by atoms with Crippen molar-refractivity contribution in [2.75, 3.05) is 5.32 Å². The van der Waals surface area contributed by atoms with Crippen LogP contribution in [0.2, 0.25) is 0 Å². The van der Waals surface area contributed by atoms with Crippen molar-refractivity contribution >= 4 is 43.2 Å². The van der Waals surface area contributed by atoms with Gasteiger partial charge in [0.25, 0.3) is 5.69 Å². The van der Waals surface area contributed by atoms with Gasteiger partial charge in [0.1, 0.15) is 0 Å². The van der Waals surface area contributed by atoms with Gasteiger partial charge in [-0.25, -0.2) is 0 Å². The summed E-state index contributed by atoms with van der Waals surface area (Å²) in [7, 11) is 0. The summed E-state index contributed by atoms with van der Waals surface area (Å²) in [4.78, 5) is 10.4. The predicted octanol–water partition coefficient (Wildman–Crippen LogP) is 5.04. The van der Waals surface area contributed by atoms with Crippen molar-refractivity contribution in [2.24, 2.45) is 0 Å². The van der Waals surface area contributed by atoms with E-state index in [1.165, 1.54) is 6.07 Å². The molecule has 0 radical (unpaired) electrons. The van der Waals surface area contributed by atoms with Gasteiger partial charge in [0.05, 0.1) is 4.92 Å². The number of hydrogen-bond donors (Lipinski definition) is 1. The molecule has 0 heterocycles.